The predicted molar refractivity (Wildman–Crippen MR) is 131 cm³/mol. The number of carbonyl (C=O) groups excluding carboxylic acids is 3. The van der Waals surface area contributed by atoms with Crippen LogP contribution >= 0.6 is 11.8 Å². The van der Waals surface area contributed by atoms with Gasteiger partial charge in [-0.1, -0.05) is 42.1 Å². The summed E-state index contributed by atoms with van der Waals surface area (Å²) in [7, 11) is 0. The molecular formula is C25H28N4O3S. The smallest absolute Gasteiger partial charge is 0.262 e. The Morgan fingerprint density at radius 1 is 1.09 bits per heavy atom. The van der Waals surface area contributed by atoms with Crippen LogP contribution in [0.5, 0.6) is 0 Å². The van der Waals surface area contributed by atoms with Crippen LogP contribution in [0.25, 0.3) is 0 Å². The lowest BCUT2D eigenvalue weighted by atomic mass is 10.1. The highest BCUT2D eigenvalue weighted by atomic mass is 32.2. The maximum atomic E-state index is 12.6. The summed E-state index contributed by atoms with van der Waals surface area (Å²) in [4.78, 5) is 43.8. The largest absolute Gasteiger partial charge is 0.351 e. The number of aliphatic imine (C=N–C) groups is 1. The van der Waals surface area contributed by atoms with Crippen molar-refractivity contribution in [1.29, 1.82) is 0 Å². The molecule has 2 aliphatic rings. The minimum atomic E-state index is -0.498. The lowest BCUT2D eigenvalue weighted by molar-refractivity contribution is -0.121. The first-order chi connectivity index (χ1) is 16.0. The third-order valence-corrected chi connectivity index (χ3v) is 7.05. The Morgan fingerprint density at radius 2 is 1.88 bits per heavy atom. The number of thioether (sulfide) groups is 1. The van der Waals surface area contributed by atoms with Crippen LogP contribution in [0, 0.1) is 6.92 Å². The SMILES string of the molecule is Cc1ccccc1CNC(=O)c1cccc(NC(=O)CC2SC(N3CCCCC3)=NC2=O)c1. The van der Waals surface area contributed by atoms with Crippen molar-refractivity contribution in [3.63, 3.8) is 0 Å². The van der Waals surface area contributed by atoms with Gasteiger partial charge in [0.2, 0.25) is 5.91 Å². The number of rotatable bonds is 6. The highest BCUT2D eigenvalue weighted by Crippen LogP contribution is 2.29. The van der Waals surface area contributed by atoms with E-state index in [2.05, 4.69) is 20.5 Å². The van der Waals surface area contributed by atoms with E-state index >= 15 is 0 Å². The number of hydrogen-bond acceptors (Lipinski definition) is 5. The van der Waals surface area contributed by atoms with E-state index in [1.165, 1.54) is 18.2 Å². The van der Waals surface area contributed by atoms with Gasteiger partial charge in [0.05, 0.1) is 0 Å². The molecule has 33 heavy (non-hydrogen) atoms. The van der Waals surface area contributed by atoms with E-state index in [0.29, 0.717) is 17.8 Å². The Kier molecular flexibility index (Phi) is 7.44. The van der Waals surface area contributed by atoms with E-state index in [1.807, 2.05) is 31.2 Å². The minimum Gasteiger partial charge on any atom is -0.351 e. The van der Waals surface area contributed by atoms with Crippen LogP contribution in [0.2, 0.25) is 0 Å². The van der Waals surface area contributed by atoms with Crippen molar-refractivity contribution in [2.24, 2.45) is 4.99 Å². The normalized spacial score (nSPS) is 18.1. The quantitative estimate of drug-likeness (QED) is 0.680. The number of hydrogen-bond donors (Lipinski definition) is 2. The predicted octanol–water partition coefficient (Wildman–Crippen LogP) is 3.74. The van der Waals surface area contributed by atoms with Gasteiger partial charge in [0.15, 0.2) is 5.17 Å². The summed E-state index contributed by atoms with van der Waals surface area (Å²) in [6, 6.07) is 14.7. The molecular weight excluding hydrogens is 436 g/mol. The Morgan fingerprint density at radius 3 is 2.67 bits per heavy atom. The highest BCUT2D eigenvalue weighted by molar-refractivity contribution is 8.15. The van der Waals surface area contributed by atoms with Crippen LogP contribution in [-0.4, -0.2) is 46.1 Å². The average Bonchev–Trinajstić information content (AvgIpc) is 3.19. The summed E-state index contributed by atoms with van der Waals surface area (Å²) in [5.74, 6) is -0.732. The summed E-state index contributed by atoms with van der Waals surface area (Å²) < 4.78 is 0. The van der Waals surface area contributed by atoms with Gasteiger partial charge in [-0.05, 0) is 55.5 Å². The van der Waals surface area contributed by atoms with E-state index < -0.39 is 5.25 Å². The molecule has 1 saturated heterocycles. The number of carbonyl (C=O) groups is 3. The molecule has 1 unspecified atom stereocenters. The zero-order valence-electron chi connectivity index (χ0n) is 18.7. The maximum Gasteiger partial charge on any atom is 0.262 e. The molecule has 2 heterocycles. The number of amides is 3. The number of piperidine rings is 1. The zero-order chi connectivity index (χ0) is 23.2. The van der Waals surface area contributed by atoms with Crippen LogP contribution in [-0.2, 0) is 16.1 Å². The summed E-state index contributed by atoms with van der Waals surface area (Å²) in [5, 5.41) is 5.97. The second-order valence-electron chi connectivity index (χ2n) is 8.33. The number of likely N-dealkylation sites (tertiary alicyclic amines) is 1. The van der Waals surface area contributed by atoms with Crippen LogP contribution in [0.3, 0.4) is 0 Å². The first-order valence-electron chi connectivity index (χ1n) is 11.3. The van der Waals surface area contributed by atoms with E-state index in [-0.39, 0.29) is 24.1 Å². The second kappa shape index (κ2) is 10.7. The molecule has 2 aliphatic heterocycles. The van der Waals surface area contributed by atoms with E-state index in [1.54, 1.807) is 24.3 Å². The Balaban J connectivity index is 1.30. The third-order valence-electron chi connectivity index (χ3n) is 5.84. The van der Waals surface area contributed by atoms with Gasteiger partial charge >= 0.3 is 0 Å². The van der Waals surface area contributed by atoms with Gasteiger partial charge < -0.3 is 15.5 Å². The van der Waals surface area contributed by atoms with Gasteiger partial charge in [0.1, 0.15) is 5.25 Å². The van der Waals surface area contributed by atoms with Gasteiger partial charge in [-0.3, -0.25) is 14.4 Å². The lowest BCUT2D eigenvalue weighted by Crippen LogP contribution is -2.33. The van der Waals surface area contributed by atoms with Crippen molar-refractivity contribution in [2.75, 3.05) is 18.4 Å². The summed E-state index contributed by atoms with van der Waals surface area (Å²) in [6.07, 6.45) is 3.47. The minimum absolute atomic E-state index is 0.0497. The van der Waals surface area contributed by atoms with Gasteiger partial charge in [0.25, 0.3) is 11.8 Å². The molecule has 2 N–H and O–H groups in total. The lowest BCUT2D eigenvalue weighted by Gasteiger charge is -2.27. The van der Waals surface area contributed by atoms with Crippen LogP contribution in [0.4, 0.5) is 5.69 Å². The fraction of sp³-hybridized carbons (Fsp3) is 0.360. The molecule has 0 aromatic heterocycles. The highest BCUT2D eigenvalue weighted by Gasteiger charge is 2.33. The van der Waals surface area contributed by atoms with Crippen molar-refractivity contribution in [3.05, 3.63) is 65.2 Å². The molecule has 2 aromatic rings. The van der Waals surface area contributed by atoms with E-state index in [4.69, 9.17) is 0 Å². The standard InChI is InChI=1S/C25H28N4O3S/c1-17-8-3-4-9-19(17)16-26-23(31)18-10-7-11-20(14-18)27-22(30)15-21-24(32)28-25(33-21)29-12-5-2-6-13-29/h3-4,7-11,14,21H,2,5-6,12-13,15-16H2,1H3,(H,26,31)(H,27,30). The molecule has 4 rings (SSSR count). The Hall–Kier alpha value is -3.13. The van der Waals surface area contributed by atoms with E-state index in [9.17, 15) is 14.4 Å². The number of nitrogens with one attached hydrogen (secondary N) is 2. The fourth-order valence-electron chi connectivity index (χ4n) is 3.93. The number of amidine groups is 1. The molecule has 0 aliphatic carbocycles. The first-order valence-corrected chi connectivity index (χ1v) is 12.1. The average molecular weight is 465 g/mol. The summed E-state index contributed by atoms with van der Waals surface area (Å²) in [6.45, 7) is 4.27. The molecule has 172 valence electrons. The van der Waals surface area contributed by atoms with Crippen molar-refractivity contribution in [2.45, 2.75) is 44.4 Å². The maximum absolute atomic E-state index is 12.6. The Bertz CT molecular complexity index is 1080. The zero-order valence-corrected chi connectivity index (χ0v) is 19.5. The monoisotopic (exact) mass is 464 g/mol. The molecule has 0 radical (unpaired) electrons. The van der Waals surface area contributed by atoms with E-state index in [0.717, 1.165) is 42.2 Å². The number of benzene rings is 2. The molecule has 2 aromatic carbocycles. The molecule has 7 nitrogen and oxygen atoms in total. The van der Waals surface area contributed by atoms with Crippen LogP contribution < -0.4 is 10.6 Å². The molecule has 0 bridgehead atoms. The molecule has 1 fully saturated rings. The van der Waals surface area contributed by atoms with Gasteiger partial charge in [-0.15, -0.1) is 0 Å². The Labute approximate surface area is 198 Å². The van der Waals surface area contributed by atoms with Gasteiger partial charge in [-0.25, -0.2) is 0 Å². The third kappa shape index (κ3) is 6.01. The molecule has 8 heteroatoms. The fourth-order valence-corrected chi connectivity index (χ4v) is 5.05. The van der Waals surface area contributed by atoms with Crippen molar-refractivity contribution in [3.8, 4) is 0 Å². The van der Waals surface area contributed by atoms with Crippen LogP contribution in [0.15, 0.2) is 53.5 Å². The van der Waals surface area contributed by atoms with Crippen molar-refractivity contribution >= 4 is 40.3 Å². The molecule has 0 saturated carbocycles. The van der Waals surface area contributed by atoms with Crippen LogP contribution in [0.1, 0.15) is 47.2 Å². The summed E-state index contributed by atoms with van der Waals surface area (Å²) >= 11 is 1.38. The van der Waals surface area contributed by atoms with Crippen molar-refractivity contribution in [1.82, 2.24) is 10.2 Å². The molecule has 1 atom stereocenters. The second-order valence-corrected chi connectivity index (χ2v) is 9.50. The first kappa shape index (κ1) is 23.0. The number of nitrogens with zero attached hydrogens (tertiary/aromatic N) is 2. The van der Waals surface area contributed by atoms with Crippen molar-refractivity contribution < 1.29 is 14.4 Å². The number of anilines is 1. The molecule has 0 spiro atoms. The summed E-state index contributed by atoms with van der Waals surface area (Å²) in [5.41, 5.74) is 3.16. The topological polar surface area (TPSA) is 90.9 Å². The number of aryl methyl sites for hydroxylation is 1. The molecule has 3 amide bonds. The van der Waals surface area contributed by atoms with Gasteiger partial charge in [0, 0.05) is 37.3 Å². The van der Waals surface area contributed by atoms with Gasteiger partial charge in [-0.2, -0.15) is 4.99 Å².